The van der Waals surface area contributed by atoms with Crippen LogP contribution in [0, 0.1) is 0 Å². The minimum atomic E-state index is -0.530. The van der Waals surface area contributed by atoms with Gasteiger partial charge in [-0.3, -0.25) is 0 Å². The van der Waals surface area contributed by atoms with E-state index >= 15 is 0 Å². The number of carbonyl (C=O) groups excluding carboxylic acids is 1. The van der Waals surface area contributed by atoms with Gasteiger partial charge in [0.15, 0.2) is 5.13 Å². The Morgan fingerprint density at radius 3 is 2.96 bits per heavy atom. The molecule has 1 saturated heterocycles. The molecule has 3 heterocycles. The average molecular weight is 391 g/mol. The first-order valence-electron chi connectivity index (χ1n) is 9.28. The number of anilines is 1. The van der Waals surface area contributed by atoms with Crippen LogP contribution in [-0.2, 0) is 15.9 Å². The van der Waals surface area contributed by atoms with Crippen molar-refractivity contribution >= 4 is 32.8 Å². The Morgan fingerprint density at radius 2 is 2.15 bits per heavy atom. The molecule has 0 saturated carbocycles. The lowest BCUT2D eigenvalue weighted by Crippen LogP contribution is -2.53. The van der Waals surface area contributed by atoms with Crippen molar-refractivity contribution < 1.29 is 19.0 Å². The number of aromatic nitrogens is 1. The molecule has 2 N–H and O–H groups in total. The summed E-state index contributed by atoms with van der Waals surface area (Å²) in [6, 6.07) is 3.95. The smallest absolute Gasteiger partial charge is 0.408 e. The van der Waals surface area contributed by atoms with Gasteiger partial charge in [0.25, 0.3) is 0 Å². The third-order valence-electron chi connectivity index (χ3n) is 4.60. The fourth-order valence-corrected chi connectivity index (χ4v) is 4.36. The summed E-state index contributed by atoms with van der Waals surface area (Å²) in [4.78, 5) is 16.9. The summed E-state index contributed by atoms with van der Waals surface area (Å²) in [5.41, 5.74) is 1.67. The summed E-state index contributed by atoms with van der Waals surface area (Å²) in [7, 11) is 0. The van der Waals surface area contributed by atoms with Gasteiger partial charge in [0.1, 0.15) is 11.4 Å². The SMILES string of the molecule is CC(C)(C)OC(=O)N[C@H]1COCC[C@H]1Nc1nc2c3c(ccc2s1)OCC3. The number of nitrogens with zero attached hydrogens (tertiary/aromatic N) is 1. The molecule has 0 radical (unpaired) electrons. The second-order valence-electron chi connectivity index (χ2n) is 7.87. The average Bonchev–Trinajstić information content (AvgIpc) is 3.20. The van der Waals surface area contributed by atoms with Crippen molar-refractivity contribution in [2.75, 3.05) is 25.1 Å². The Hall–Kier alpha value is -2.06. The van der Waals surface area contributed by atoms with Gasteiger partial charge in [0, 0.05) is 18.6 Å². The molecule has 1 amide bonds. The standard InChI is InChI=1S/C19H25N3O4S/c1-19(2,3)26-18(23)21-13-10-24-8-7-12(13)20-17-22-16-11-6-9-25-14(11)4-5-15(16)27-17/h4-5,12-13H,6-10H2,1-3H3,(H,20,22)(H,21,23)/t12-,13+/m1/s1. The number of nitrogens with one attached hydrogen (secondary N) is 2. The number of hydrogen-bond acceptors (Lipinski definition) is 7. The highest BCUT2D eigenvalue weighted by atomic mass is 32.1. The Balaban J connectivity index is 1.48. The van der Waals surface area contributed by atoms with Crippen molar-refractivity contribution in [3.63, 3.8) is 0 Å². The fourth-order valence-electron chi connectivity index (χ4n) is 3.40. The molecule has 4 rings (SSSR count). The highest BCUT2D eigenvalue weighted by Crippen LogP contribution is 2.36. The minimum Gasteiger partial charge on any atom is -0.493 e. The van der Waals surface area contributed by atoms with E-state index < -0.39 is 11.7 Å². The molecular weight excluding hydrogens is 366 g/mol. The van der Waals surface area contributed by atoms with Gasteiger partial charge < -0.3 is 24.8 Å². The van der Waals surface area contributed by atoms with Gasteiger partial charge in [-0.25, -0.2) is 9.78 Å². The zero-order valence-electron chi connectivity index (χ0n) is 15.8. The zero-order valence-corrected chi connectivity index (χ0v) is 16.6. The van der Waals surface area contributed by atoms with E-state index in [1.807, 2.05) is 26.8 Å². The fraction of sp³-hybridized carbons (Fsp3) is 0.579. The molecule has 1 fully saturated rings. The van der Waals surface area contributed by atoms with Crippen LogP contribution in [0.25, 0.3) is 10.2 Å². The van der Waals surface area contributed by atoms with E-state index in [0.29, 0.717) is 13.2 Å². The Bertz CT molecular complexity index is 845. The van der Waals surface area contributed by atoms with Gasteiger partial charge in [-0.1, -0.05) is 11.3 Å². The predicted molar refractivity (Wildman–Crippen MR) is 105 cm³/mol. The highest BCUT2D eigenvalue weighted by molar-refractivity contribution is 7.22. The molecule has 27 heavy (non-hydrogen) atoms. The van der Waals surface area contributed by atoms with Gasteiger partial charge in [-0.2, -0.15) is 0 Å². The van der Waals surface area contributed by atoms with Crippen molar-refractivity contribution in [3.05, 3.63) is 17.7 Å². The van der Waals surface area contributed by atoms with Crippen LogP contribution in [0.2, 0.25) is 0 Å². The van der Waals surface area contributed by atoms with E-state index in [-0.39, 0.29) is 12.1 Å². The molecule has 146 valence electrons. The third-order valence-corrected chi connectivity index (χ3v) is 5.55. The number of ether oxygens (including phenoxy) is 3. The predicted octanol–water partition coefficient (Wildman–Crippen LogP) is 3.33. The second-order valence-corrected chi connectivity index (χ2v) is 8.90. The van der Waals surface area contributed by atoms with Gasteiger partial charge in [-0.15, -0.1) is 0 Å². The lowest BCUT2D eigenvalue weighted by Gasteiger charge is -2.33. The van der Waals surface area contributed by atoms with Gasteiger partial charge in [0.2, 0.25) is 0 Å². The number of hydrogen-bond donors (Lipinski definition) is 2. The molecule has 2 atom stereocenters. The summed E-state index contributed by atoms with van der Waals surface area (Å²) in [6.07, 6.45) is 1.26. The molecule has 1 aromatic heterocycles. The summed E-state index contributed by atoms with van der Waals surface area (Å²) < 4.78 is 17.7. The molecular formula is C19H25N3O4S. The lowest BCUT2D eigenvalue weighted by molar-refractivity contribution is 0.0318. The van der Waals surface area contributed by atoms with Crippen molar-refractivity contribution in [1.29, 1.82) is 0 Å². The van der Waals surface area contributed by atoms with Crippen LogP contribution < -0.4 is 15.4 Å². The first-order valence-corrected chi connectivity index (χ1v) is 10.1. The van der Waals surface area contributed by atoms with E-state index in [0.717, 1.165) is 40.5 Å². The molecule has 1 aromatic carbocycles. The Labute approximate surface area is 162 Å². The number of carbonyl (C=O) groups is 1. The van der Waals surface area contributed by atoms with E-state index in [1.54, 1.807) is 11.3 Å². The molecule has 0 aliphatic carbocycles. The van der Waals surface area contributed by atoms with E-state index in [9.17, 15) is 4.79 Å². The van der Waals surface area contributed by atoms with E-state index in [2.05, 4.69) is 16.7 Å². The molecule has 0 bridgehead atoms. The second kappa shape index (κ2) is 7.16. The number of alkyl carbamates (subject to hydrolysis) is 1. The maximum Gasteiger partial charge on any atom is 0.408 e. The molecule has 2 aliphatic heterocycles. The molecule has 2 aliphatic rings. The number of fused-ring (bicyclic) bond motifs is 3. The van der Waals surface area contributed by atoms with Gasteiger partial charge in [-0.05, 0) is 39.3 Å². The third kappa shape index (κ3) is 4.11. The van der Waals surface area contributed by atoms with Crippen LogP contribution in [0.15, 0.2) is 12.1 Å². The maximum atomic E-state index is 12.2. The van der Waals surface area contributed by atoms with Crippen LogP contribution in [0.5, 0.6) is 5.75 Å². The van der Waals surface area contributed by atoms with Crippen LogP contribution in [-0.4, -0.2) is 48.6 Å². The highest BCUT2D eigenvalue weighted by Gasteiger charge is 2.30. The number of thiazole rings is 1. The molecule has 8 heteroatoms. The van der Waals surface area contributed by atoms with Crippen molar-refractivity contribution in [2.45, 2.75) is 51.3 Å². The number of benzene rings is 1. The number of amides is 1. The van der Waals surface area contributed by atoms with Crippen LogP contribution in [0.4, 0.5) is 9.93 Å². The van der Waals surface area contributed by atoms with E-state index in [1.165, 1.54) is 5.56 Å². The monoisotopic (exact) mass is 391 g/mol. The van der Waals surface area contributed by atoms with Crippen molar-refractivity contribution in [3.8, 4) is 5.75 Å². The first-order chi connectivity index (χ1) is 12.9. The minimum absolute atomic E-state index is 0.0381. The van der Waals surface area contributed by atoms with Crippen LogP contribution in [0.3, 0.4) is 0 Å². The van der Waals surface area contributed by atoms with Crippen molar-refractivity contribution in [2.24, 2.45) is 0 Å². The molecule has 0 unspecified atom stereocenters. The Kier molecular flexibility index (Phi) is 4.86. The normalized spacial score (nSPS) is 22.2. The zero-order chi connectivity index (χ0) is 19.0. The summed E-state index contributed by atoms with van der Waals surface area (Å²) in [5, 5.41) is 7.28. The van der Waals surface area contributed by atoms with Crippen LogP contribution in [0.1, 0.15) is 32.8 Å². The lowest BCUT2D eigenvalue weighted by atomic mass is 10.0. The number of rotatable bonds is 3. The summed E-state index contributed by atoms with van der Waals surface area (Å²) in [5.74, 6) is 0.940. The quantitative estimate of drug-likeness (QED) is 0.835. The summed E-state index contributed by atoms with van der Waals surface area (Å²) >= 11 is 1.63. The van der Waals surface area contributed by atoms with Gasteiger partial charge in [0.05, 0.1) is 35.5 Å². The van der Waals surface area contributed by atoms with Crippen molar-refractivity contribution in [1.82, 2.24) is 10.3 Å². The largest absolute Gasteiger partial charge is 0.493 e. The van der Waals surface area contributed by atoms with E-state index in [4.69, 9.17) is 19.2 Å². The molecule has 7 nitrogen and oxygen atoms in total. The first kappa shape index (κ1) is 18.3. The maximum absolute atomic E-state index is 12.2. The van der Waals surface area contributed by atoms with Gasteiger partial charge >= 0.3 is 6.09 Å². The summed E-state index contributed by atoms with van der Waals surface area (Å²) in [6.45, 7) is 7.37. The topological polar surface area (TPSA) is 81.7 Å². The molecule has 0 spiro atoms. The molecule has 2 aromatic rings. The Morgan fingerprint density at radius 1 is 1.30 bits per heavy atom. The van der Waals surface area contributed by atoms with Crippen LogP contribution >= 0.6 is 11.3 Å².